The molecule has 0 amide bonds. The molecule has 0 saturated carbocycles. The molecule has 2 aromatic rings. The predicted molar refractivity (Wildman–Crippen MR) is 160 cm³/mol. The van der Waals surface area contributed by atoms with Crippen molar-refractivity contribution >= 4 is 45.0 Å². The summed E-state index contributed by atoms with van der Waals surface area (Å²) in [5.41, 5.74) is 0.797. The summed E-state index contributed by atoms with van der Waals surface area (Å²) in [7, 11) is 0. The molecule has 8 nitrogen and oxygen atoms in total. The maximum absolute atomic E-state index is 10.6. The van der Waals surface area contributed by atoms with Crippen LogP contribution in [0, 0.1) is 0 Å². The topological polar surface area (TPSA) is 161 Å². The van der Waals surface area contributed by atoms with Gasteiger partial charge in [-0.25, -0.2) is 0 Å². The average Bonchev–Trinajstić information content (AvgIpc) is 2.97. The Hall–Kier alpha value is -3.40. The zero-order valence-corrected chi connectivity index (χ0v) is 28.0. The molecule has 2 aromatic carbocycles. The van der Waals surface area contributed by atoms with Crippen molar-refractivity contribution in [3.05, 3.63) is 95.1 Å². The first-order valence-electron chi connectivity index (χ1n) is 14.6. The van der Waals surface area contributed by atoms with Gasteiger partial charge in [0.15, 0.2) is 0 Å². The SMILES string of the molecule is CCCCC[CH2][Sn+4][CH2]CCCCC.O=C([O-])/C=C(/Cc1ccccc1)C(=O)[O-].O=C([O-])/C=C(/Cc1ccccc1)C(=O)[O-]. The number of unbranched alkanes of at least 4 members (excludes halogenated alkanes) is 6. The molecule has 0 atom stereocenters. The number of benzene rings is 2. The summed E-state index contributed by atoms with van der Waals surface area (Å²) in [5.74, 6) is -6.07. The number of carbonyl (C=O) groups excluding carboxylic acids is 4. The van der Waals surface area contributed by atoms with E-state index in [0.29, 0.717) is 23.3 Å². The second-order valence-electron chi connectivity index (χ2n) is 9.75. The molecule has 0 aliphatic rings. The van der Waals surface area contributed by atoms with Crippen LogP contribution in [-0.2, 0) is 32.0 Å². The fourth-order valence-electron chi connectivity index (χ4n) is 3.76. The number of carboxylic acids is 4. The third-order valence-corrected chi connectivity index (χ3v) is 10.0. The first-order valence-corrected chi connectivity index (χ1v) is 18.7. The summed E-state index contributed by atoms with van der Waals surface area (Å²) < 4.78 is 3.30. The van der Waals surface area contributed by atoms with Gasteiger partial charge in [0.2, 0.25) is 0 Å². The van der Waals surface area contributed by atoms with E-state index in [1.165, 1.54) is 38.5 Å². The standard InChI is InChI=1S/2C11H10O4.2C6H13.Sn/c2*12-10(13)7-9(11(14)15)6-8-4-2-1-3-5-8;2*1-3-5-6-4-2;/h2*1-5,7H,6H2,(H,12,13)(H,14,15);2*1,3-6H2,2H3;/q;;;;+4/p-4/b2*9-7-;;;. The number of hydrogen-bond acceptors (Lipinski definition) is 8. The van der Waals surface area contributed by atoms with Crippen molar-refractivity contribution in [3.63, 3.8) is 0 Å². The van der Waals surface area contributed by atoms with Gasteiger partial charge < -0.3 is 39.6 Å². The van der Waals surface area contributed by atoms with Crippen molar-refractivity contribution in [2.75, 3.05) is 0 Å². The van der Waals surface area contributed by atoms with E-state index < -0.39 is 23.9 Å². The molecule has 0 bridgehead atoms. The van der Waals surface area contributed by atoms with E-state index in [1.807, 2.05) is 0 Å². The summed E-state index contributed by atoms with van der Waals surface area (Å²) in [6.07, 6.45) is 12.9. The van der Waals surface area contributed by atoms with Crippen LogP contribution in [0.4, 0.5) is 0 Å². The Balaban J connectivity index is 0.000000618. The van der Waals surface area contributed by atoms with E-state index in [1.54, 1.807) is 82.4 Å². The van der Waals surface area contributed by atoms with Crippen molar-refractivity contribution < 1.29 is 39.6 Å². The molecule has 2 rings (SSSR count). The zero-order valence-electron chi connectivity index (χ0n) is 25.2. The predicted octanol–water partition coefficient (Wildman–Crippen LogP) is 2.00. The van der Waals surface area contributed by atoms with E-state index in [-0.39, 0.29) is 45.1 Å². The van der Waals surface area contributed by atoms with E-state index in [4.69, 9.17) is 0 Å². The number of hydrogen-bond donors (Lipinski definition) is 0. The quantitative estimate of drug-likeness (QED) is 0.130. The molecule has 0 fully saturated rings. The first kappa shape index (κ1) is 39.6. The Labute approximate surface area is 265 Å². The molecule has 0 N–H and O–H groups in total. The Morgan fingerprint density at radius 3 is 1.19 bits per heavy atom. The van der Waals surface area contributed by atoms with E-state index in [2.05, 4.69) is 13.8 Å². The molecule has 6 radical (unpaired) electrons. The second-order valence-corrected chi connectivity index (χ2v) is 14.0. The van der Waals surface area contributed by atoms with Crippen LogP contribution in [0.15, 0.2) is 84.0 Å². The van der Waals surface area contributed by atoms with E-state index in [9.17, 15) is 39.6 Å². The largest absolute Gasteiger partial charge is 0.545 e. The summed E-state index contributed by atoms with van der Waals surface area (Å²) in [6.45, 7) is 4.59. The summed E-state index contributed by atoms with van der Waals surface area (Å²) >= 11 is 0.104. The first-order chi connectivity index (χ1) is 20.6. The van der Waals surface area contributed by atoms with Crippen LogP contribution in [0.5, 0.6) is 0 Å². The molecule has 0 spiro atoms. The fraction of sp³-hybridized carbons (Fsp3) is 0.412. The number of carboxylic acid groups (broad SMARTS) is 4. The van der Waals surface area contributed by atoms with Crippen LogP contribution in [0.2, 0.25) is 8.87 Å². The summed E-state index contributed by atoms with van der Waals surface area (Å²) in [6, 6.07) is 17.3. The van der Waals surface area contributed by atoms with Crippen molar-refractivity contribution in [2.45, 2.75) is 86.9 Å². The maximum atomic E-state index is 10.6. The molecular weight excluding hydrogens is 655 g/mol. The van der Waals surface area contributed by atoms with Crippen LogP contribution < -0.4 is 20.4 Å². The van der Waals surface area contributed by atoms with Crippen LogP contribution in [0.25, 0.3) is 0 Å². The Bertz CT molecular complexity index is 1040. The van der Waals surface area contributed by atoms with Crippen molar-refractivity contribution in [3.8, 4) is 0 Å². The van der Waals surface area contributed by atoms with Gasteiger partial charge in [0.25, 0.3) is 0 Å². The number of rotatable bonds is 18. The van der Waals surface area contributed by atoms with Crippen LogP contribution in [0.1, 0.15) is 76.3 Å². The molecule has 230 valence electrons. The van der Waals surface area contributed by atoms with Gasteiger partial charge in [-0.1, -0.05) is 60.7 Å². The van der Waals surface area contributed by atoms with Gasteiger partial charge in [0.1, 0.15) is 0 Å². The zero-order chi connectivity index (χ0) is 32.3. The minimum atomic E-state index is -1.54. The molecule has 0 aromatic heterocycles. The second kappa shape index (κ2) is 26.2. The van der Waals surface area contributed by atoms with Gasteiger partial charge in [-0.05, 0) is 47.3 Å². The monoisotopic (exact) mass is 698 g/mol. The van der Waals surface area contributed by atoms with Gasteiger partial charge in [-0.3, -0.25) is 0 Å². The molecular formula is C34H42O8Sn. The maximum Gasteiger partial charge on any atom is 0.0678 e. The molecule has 0 heterocycles. The van der Waals surface area contributed by atoms with Gasteiger partial charge in [0, 0.05) is 0 Å². The molecule has 9 heteroatoms. The Morgan fingerprint density at radius 1 is 0.558 bits per heavy atom. The van der Waals surface area contributed by atoms with Crippen LogP contribution in [0.3, 0.4) is 0 Å². The molecule has 0 unspecified atom stereocenters. The van der Waals surface area contributed by atoms with Gasteiger partial charge >= 0.3 is 95.2 Å². The average molecular weight is 697 g/mol. The van der Waals surface area contributed by atoms with Crippen LogP contribution in [-0.4, -0.2) is 45.0 Å². The van der Waals surface area contributed by atoms with E-state index in [0.717, 1.165) is 0 Å². The minimum absolute atomic E-state index is 0.0111. The van der Waals surface area contributed by atoms with Crippen molar-refractivity contribution in [1.82, 2.24) is 0 Å². The van der Waals surface area contributed by atoms with Gasteiger partial charge in [-0.2, -0.15) is 0 Å². The molecule has 0 saturated heterocycles. The summed E-state index contributed by atoms with van der Waals surface area (Å²) in [5, 5.41) is 41.6. The smallest absolute Gasteiger partial charge is 0.0678 e. The van der Waals surface area contributed by atoms with Gasteiger partial charge in [0.05, 0.1) is 23.9 Å². The molecule has 0 aliphatic carbocycles. The van der Waals surface area contributed by atoms with E-state index >= 15 is 0 Å². The Kier molecular flexibility index (Phi) is 24.2. The minimum Gasteiger partial charge on any atom is -0.545 e. The molecule has 0 aliphatic heterocycles. The Morgan fingerprint density at radius 2 is 0.907 bits per heavy atom. The molecule has 43 heavy (non-hydrogen) atoms. The van der Waals surface area contributed by atoms with Crippen LogP contribution >= 0.6 is 0 Å². The number of carbonyl (C=O) groups is 4. The van der Waals surface area contributed by atoms with Crippen molar-refractivity contribution in [1.29, 1.82) is 0 Å². The van der Waals surface area contributed by atoms with Crippen molar-refractivity contribution in [2.24, 2.45) is 0 Å². The van der Waals surface area contributed by atoms with Gasteiger partial charge in [-0.15, -0.1) is 0 Å². The number of aliphatic carboxylic acids is 4. The third kappa shape index (κ3) is 23.8. The normalized spacial score (nSPS) is 10.9. The third-order valence-electron chi connectivity index (χ3n) is 6.00. The summed E-state index contributed by atoms with van der Waals surface area (Å²) in [4.78, 5) is 41.6. The fourth-order valence-corrected chi connectivity index (χ4v) is 7.33.